The summed E-state index contributed by atoms with van der Waals surface area (Å²) >= 11 is 13.4. The fraction of sp³-hybridized carbons (Fsp3) is 0.125. The second kappa shape index (κ2) is 2.87. The summed E-state index contributed by atoms with van der Waals surface area (Å²) in [4.78, 5) is 4.28. The van der Waals surface area contributed by atoms with Gasteiger partial charge >= 0.3 is 0 Å². The summed E-state index contributed by atoms with van der Waals surface area (Å²) in [6.45, 7) is 1.95. The molecule has 1 heterocycles. The molecule has 0 unspecified atom stereocenters. The second-order valence-electron chi connectivity index (χ2n) is 2.44. The zero-order valence-electron chi connectivity index (χ0n) is 6.27. The summed E-state index contributed by atoms with van der Waals surface area (Å²) in [6.07, 6.45) is 0. The Bertz CT molecular complexity index is 436. The summed E-state index contributed by atoms with van der Waals surface area (Å²) in [7, 11) is 0. The predicted molar refractivity (Wildman–Crippen MR) is 54.4 cm³/mol. The van der Waals surface area contributed by atoms with Crippen LogP contribution in [0.1, 0.15) is 5.01 Å². The van der Waals surface area contributed by atoms with Gasteiger partial charge in [-0.3, -0.25) is 0 Å². The van der Waals surface area contributed by atoms with Crippen LogP contribution in [0.3, 0.4) is 0 Å². The Morgan fingerprint density at radius 1 is 1.33 bits per heavy atom. The number of aromatic nitrogens is 1. The van der Waals surface area contributed by atoms with Crippen molar-refractivity contribution in [1.82, 2.24) is 4.98 Å². The van der Waals surface area contributed by atoms with Crippen LogP contribution in [-0.2, 0) is 0 Å². The Hall–Kier alpha value is -0.310. The van der Waals surface area contributed by atoms with Crippen LogP contribution in [0.4, 0.5) is 0 Å². The van der Waals surface area contributed by atoms with E-state index in [-0.39, 0.29) is 0 Å². The van der Waals surface area contributed by atoms with Crippen molar-refractivity contribution in [2.24, 2.45) is 0 Å². The lowest BCUT2D eigenvalue weighted by molar-refractivity contribution is 1.35. The van der Waals surface area contributed by atoms with Crippen LogP contribution in [0.5, 0.6) is 0 Å². The number of thiazole rings is 1. The predicted octanol–water partition coefficient (Wildman–Crippen LogP) is 3.91. The molecule has 0 N–H and O–H groups in total. The maximum Gasteiger partial charge on any atom is 0.102 e. The Morgan fingerprint density at radius 2 is 2.08 bits per heavy atom. The lowest BCUT2D eigenvalue weighted by atomic mass is 10.3. The molecular formula is C8H5Cl2NS. The molecule has 0 radical (unpaired) electrons. The largest absolute Gasteiger partial charge is 0.240 e. The first-order valence-corrected chi connectivity index (χ1v) is 4.97. The van der Waals surface area contributed by atoms with E-state index in [1.165, 1.54) is 0 Å². The Balaban J connectivity index is 2.89. The van der Waals surface area contributed by atoms with Gasteiger partial charge in [0.25, 0.3) is 0 Å². The minimum absolute atomic E-state index is 0.554. The molecule has 0 saturated heterocycles. The topological polar surface area (TPSA) is 12.9 Å². The number of hydrogen-bond acceptors (Lipinski definition) is 2. The zero-order valence-corrected chi connectivity index (χ0v) is 8.59. The van der Waals surface area contributed by atoms with Crippen molar-refractivity contribution in [2.75, 3.05) is 0 Å². The van der Waals surface area contributed by atoms with E-state index in [4.69, 9.17) is 23.2 Å². The minimum atomic E-state index is 0.554. The summed E-state index contributed by atoms with van der Waals surface area (Å²) in [5.41, 5.74) is 0.812. The van der Waals surface area contributed by atoms with Gasteiger partial charge < -0.3 is 0 Å². The molecule has 1 aromatic carbocycles. The molecule has 12 heavy (non-hydrogen) atoms. The van der Waals surface area contributed by atoms with Crippen molar-refractivity contribution in [3.8, 4) is 0 Å². The lowest BCUT2D eigenvalue weighted by Gasteiger charge is -1.93. The summed E-state index contributed by atoms with van der Waals surface area (Å²) < 4.78 is 1.09. The number of aryl methyl sites for hydroxylation is 1. The van der Waals surface area contributed by atoms with Gasteiger partial charge in [0, 0.05) is 0 Å². The number of hydrogen-bond donors (Lipinski definition) is 0. The molecule has 2 aromatic rings. The van der Waals surface area contributed by atoms with Gasteiger partial charge in [-0.2, -0.15) is 0 Å². The Kier molecular flexibility index (Phi) is 1.99. The minimum Gasteiger partial charge on any atom is -0.240 e. The van der Waals surface area contributed by atoms with Crippen LogP contribution < -0.4 is 0 Å². The number of halogens is 2. The highest BCUT2D eigenvalue weighted by atomic mass is 35.5. The van der Waals surface area contributed by atoms with E-state index in [1.807, 2.05) is 13.0 Å². The first kappa shape index (κ1) is 8.30. The van der Waals surface area contributed by atoms with Crippen LogP contribution in [-0.4, -0.2) is 4.98 Å². The van der Waals surface area contributed by atoms with Crippen molar-refractivity contribution >= 4 is 44.8 Å². The van der Waals surface area contributed by atoms with E-state index in [0.29, 0.717) is 10.0 Å². The van der Waals surface area contributed by atoms with Gasteiger partial charge in [-0.25, -0.2) is 4.98 Å². The molecule has 0 spiro atoms. The molecule has 1 nitrogen and oxygen atoms in total. The number of rotatable bonds is 0. The third-order valence-corrected chi connectivity index (χ3v) is 3.29. The maximum atomic E-state index is 5.95. The second-order valence-corrected chi connectivity index (χ2v) is 4.46. The standard InChI is InChI=1S/C8H5Cl2NS/c1-4-11-8-6(12-4)3-2-5(9)7(8)10/h2-3H,1H3. The van der Waals surface area contributed by atoms with Crippen LogP contribution in [0.15, 0.2) is 12.1 Å². The third kappa shape index (κ3) is 1.20. The van der Waals surface area contributed by atoms with Gasteiger partial charge in [0.05, 0.1) is 19.8 Å². The average molecular weight is 218 g/mol. The van der Waals surface area contributed by atoms with Crippen molar-refractivity contribution in [1.29, 1.82) is 0 Å². The van der Waals surface area contributed by atoms with E-state index in [1.54, 1.807) is 17.4 Å². The van der Waals surface area contributed by atoms with E-state index in [9.17, 15) is 0 Å². The fourth-order valence-electron chi connectivity index (χ4n) is 1.05. The smallest absolute Gasteiger partial charge is 0.102 e. The quantitative estimate of drug-likeness (QED) is 0.653. The maximum absolute atomic E-state index is 5.95. The SMILES string of the molecule is Cc1nc2c(Cl)c(Cl)ccc2s1. The number of fused-ring (bicyclic) bond motifs is 1. The lowest BCUT2D eigenvalue weighted by Crippen LogP contribution is -1.72. The van der Waals surface area contributed by atoms with Gasteiger partial charge in [-0.1, -0.05) is 23.2 Å². The molecule has 0 fully saturated rings. The zero-order chi connectivity index (χ0) is 8.72. The highest BCUT2D eigenvalue weighted by molar-refractivity contribution is 7.18. The van der Waals surface area contributed by atoms with Crippen molar-refractivity contribution in [3.05, 3.63) is 27.2 Å². The normalized spacial score (nSPS) is 10.9. The van der Waals surface area contributed by atoms with Crippen LogP contribution in [0.2, 0.25) is 10.0 Å². The van der Waals surface area contributed by atoms with Crippen molar-refractivity contribution in [3.63, 3.8) is 0 Å². The molecule has 2 rings (SSSR count). The molecule has 0 atom stereocenters. The van der Waals surface area contributed by atoms with Crippen LogP contribution in [0.25, 0.3) is 10.2 Å². The van der Waals surface area contributed by atoms with Gasteiger partial charge in [0.2, 0.25) is 0 Å². The first-order chi connectivity index (χ1) is 5.68. The molecule has 62 valence electrons. The Labute approximate surface area is 83.9 Å². The molecule has 1 aromatic heterocycles. The molecule has 0 saturated carbocycles. The van der Waals surface area contributed by atoms with Gasteiger partial charge in [-0.15, -0.1) is 11.3 Å². The Morgan fingerprint density at radius 3 is 2.83 bits per heavy atom. The number of benzene rings is 1. The molecule has 0 aliphatic carbocycles. The summed E-state index contributed by atoms with van der Waals surface area (Å²) in [5.74, 6) is 0. The summed E-state index contributed by atoms with van der Waals surface area (Å²) in [6, 6.07) is 3.73. The van der Waals surface area contributed by atoms with Gasteiger partial charge in [0.1, 0.15) is 5.52 Å². The fourth-order valence-corrected chi connectivity index (χ4v) is 2.30. The van der Waals surface area contributed by atoms with E-state index in [2.05, 4.69) is 4.98 Å². The highest BCUT2D eigenvalue weighted by Gasteiger charge is 2.07. The van der Waals surface area contributed by atoms with Crippen molar-refractivity contribution < 1.29 is 0 Å². The first-order valence-electron chi connectivity index (χ1n) is 3.39. The molecular weight excluding hydrogens is 213 g/mol. The van der Waals surface area contributed by atoms with E-state index in [0.717, 1.165) is 15.2 Å². The van der Waals surface area contributed by atoms with E-state index >= 15 is 0 Å². The van der Waals surface area contributed by atoms with Crippen LogP contribution in [0, 0.1) is 6.92 Å². The molecule has 0 aliphatic rings. The van der Waals surface area contributed by atoms with Crippen LogP contribution >= 0.6 is 34.5 Å². The molecule has 4 heteroatoms. The molecule has 0 bridgehead atoms. The number of nitrogens with zero attached hydrogens (tertiary/aromatic N) is 1. The van der Waals surface area contributed by atoms with E-state index < -0.39 is 0 Å². The van der Waals surface area contributed by atoms with Crippen molar-refractivity contribution in [2.45, 2.75) is 6.92 Å². The van der Waals surface area contributed by atoms with Gasteiger partial charge in [-0.05, 0) is 19.1 Å². The average Bonchev–Trinajstić information content (AvgIpc) is 2.39. The molecule has 0 amide bonds. The monoisotopic (exact) mass is 217 g/mol. The molecule has 0 aliphatic heterocycles. The highest BCUT2D eigenvalue weighted by Crippen LogP contribution is 2.32. The van der Waals surface area contributed by atoms with Gasteiger partial charge in [0.15, 0.2) is 0 Å². The third-order valence-electron chi connectivity index (χ3n) is 1.56. The summed E-state index contributed by atoms with van der Waals surface area (Å²) in [5, 5.41) is 2.13.